The highest BCUT2D eigenvalue weighted by Crippen LogP contribution is 2.12. The second-order valence-corrected chi connectivity index (χ2v) is 3.94. The largest absolute Gasteiger partial charge is 0.378 e. The highest BCUT2D eigenvalue weighted by Gasteiger charge is 2.07. The normalized spacial score (nSPS) is 10.9. The molecule has 0 heterocycles. The van der Waals surface area contributed by atoms with Gasteiger partial charge in [0.15, 0.2) is 0 Å². The third-order valence-corrected chi connectivity index (χ3v) is 2.35. The Hall–Kier alpha value is -2.37. The first-order valence-corrected chi connectivity index (χ1v) is 5.33. The van der Waals surface area contributed by atoms with Crippen molar-refractivity contribution in [2.45, 2.75) is 6.92 Å². The molecule has 96 valence electrons. The minimum atomic E-state index is -1.06. The predicted molar refractivity (Wildman–Crippen MR) is 70.3 cm³/mol. The maximum absolute atomic E-state index is 10.9. The molecule has 6 heteroatoms. The van der Waals surface area contributed by atoms with Gasteiger partial charge in [-0.15, -0.1) is 0 Å². The first-order chi connectivity index (χ1) is 8.41. The van der Waals surface area contributed by atoms with Gasteiger partial charge in [-0.25, -0.2) is 5.43 Å². The number of nitrogens with two attached hydrogens (primary N) is 1. The van der Waals surface area contributed by atoms with E-state index >= 15 is 0 Å². The van der Waals surface area contributed by atoms with Crippen molar-refractivity contribution in [1.29, 1.82) is 0 Å². The number of rotatable bonds is 3. The van der Waals surface area contributed by atoms with Gasteiger partial charge in [0, 0.05) is 19.8 Å². The Kier molecular flexibility index (Phi) is 4.42. The molecule has 6 nitrogen and oxygen atoms in total. The molecule has 0 aliphatic rings. The van der Waals surface area contributed by atoms with Crippen molar-refractivity contribution in [1.82, 2.24) is 5.43 Å². The molecular formula is C12H16N4O2. The number of amides is 2. The smallest absolute Gasteiger partial charge is 0.329 e. The highest BCUT2D eigenvalue weighted by atomic mass is 16.2. The number of anilines is 1. The van der Waals surface area contributed by atoms with E-state index in [1.807, 2.05) is 43.3 Å². The van der Waals surface area contributed by atoms with Gasteiger partial charge in [0.2, 0.25) is 0 Å². The van der Waals surface area contributed by atoms with Crippen LogP contribution in [0.4, 0.5) is 5.69 Å². The minimum absolute atomic E-state index is 0.593. The van der Waals surface area contributed by atoms with Crippen LogP contribution < -0.4 is 16.1 Å². The lowest BCUT2D eigenvalue weighted by Gasteiger charge is -2.12. The number of benzene rings is 1. The van der Waals surface area contributed by atoms with Crippen molar-refractivity contribution in [2.24, 2.45) is 10.8 Å². The molecular weight excluding hydrogens is 232 g/mol. The average molecular weight is 248 g/mol. The molecule has 0 saturated carbocycles. The van der Waals surface area contributed by atoms with Gasteiger partial charge in [0.05, 0.1) is 5.71 Å². The summed E-state index contributed by atoms with van der Waals surface area (Å²) in [6, 6.07) is 7.63. The highest BCUT2D eigenvalue weighted by molar-refractivity contribution is 6.34. The summed E-state index contributed by atoms with van der Waals surface area (Å²) in [5.74, 6) is -1.99. The van der Waals surface area contributed by atoms with Crippen LogP contribution in [0.15, 0.2) is 29.4 Å². The fourth-order valence-corrected chi connectivity index (χ4v) is 1.26. The molecule has 0 unspecified atom stereocenters. The summed E-state index contributed by atoms with van der Waals surface area (Å²) in [6.07, 6.45) is 0. The van der Waals surface area contributed by atoms with E-state index in [4.69, 9.17) is 5.73 Å². The van der Waals surface area contributed by atoms with Gasteiger partial charge in [-0.05, 0) is 24.6 Å². The van der Waals surface area contributed by atoms with Gasteiger partial charge in [-0.1, -0.05) is 12.1 Å². The van der Waals surface area contributed by atoms with Crippen molar-refractivity contribution >= 4 is 23.2 Å². The van der Waals surface area contributed by atoms with Crippen molar-refractivity contribution in [3.8, 4) is 0 Å². The van der Waals surface area contributed by atoms with Crippen LogP contribution in [0.1, 0.15) is 12.5 Å². The molecule has 0 saturated heterocycles. The second-order valence-electron chi connectivity index (χ2n) is 3.94. The monoisotopic (exact) mass is 248 g/mol. The zero-order valence-electron chi connectivity index (χ0n) is 10.6. The number of primary amides is 1. The Morgan fingerprint density at radius 1 is 1.22 bits per heavy atom. The summed E-state index contributed by atoms with van der Waals surface area (Å²) in [4.78, 5) is 23.4. The van der Waals surface area contributed by atoms with E-state index in [9.17, 15) is 9.59 Å². The van der Waals surface area contributed by atoms with Crippen LogP contribution in [0.25, 0.3) is 0 Å². The van der Waals surface area contributed by atoms with Crippen LogP contribution in [0.2, 0.25) is 0 Å². The summed E-state index contributed by atoms with van der Waals surface area (Å²) in [7, 11) is 3.89. The summed E-state index contributed by atoms with van der Waals surface area (Å²) in [6.45, 7) is 1.73. The van der Waals surface area contributed by atoms with Crippen LogP contribution >= 0.6 is 0 Å². The number of carbonyl (C=O) groups excluding carboxylic acids is 2. The summed E-state index contributed by atoms with van der Waals surface area (Å²) in [5.41, 5.74) is 9.38. The first kappa shape index (κ1) is 13.7. The molecule has 0 fully saturated rings. The molecule has 3 N–H and O–H groups in total. The molecule has 0 radical (unpaired) electrons. The number of hydrogen-bond donors (Lipinski definition) is 2. The molecule has 0 aliphatic carbocycles. The molecule has 0 spiro atoms. The van der Waals surface area contributed by atoms with Gasteiger partial charge in [-0.3, -0.25) is 9.59 Å². The van der Waals surface area contributed by atoms with Gasteiger partial charge >= 0.3 is 11.8 Å². The van der Waals surface area contributed by atoms with Gasteiger partial charge < -0.3 is 10.6 Å². The Morgan fingerprint density at radius 2 is 1.78 bits per heavy atom. The number of nitrogens with one attached hydrogen (secondary N) is 1. The van der Waals surface area contributed by atoms with E-state index in [1.165, 1.54) is 0 Å². The summed E-state index contributed by atoms with van der Waals surface area (Å²) >= 11 is 0. The summed E-state index contributed by atoms with van der Waals surface area (Å²) in [5, 5.41) is 3.79. The summed E-state index contributed by atoms with van der Waals surface area (Å²) < 4.78 is 0. The molecule has 0 atom stereocenters. The van der Waals surface area contributed by atoms with Crippen molar-refractivity contribution < 1.29 is 9.59 Å². The topological polar surface area (TPSA) is 87.8 Å². The van der Waals surface area contributed by atoms with E-state index < -0.39 is 11.8 Å². The zero-order valence-corrected chi connectivity index (χ0v) is 10.6. The van der Waals surface area contributed by atoms with Crippen LogP contribution in [0.5, 0.6) is 0 Å². The standard InChI is InChI=1S/C12H16N4O2/c1-8(14-15-12(18)11(13)17)9-4-6-10(7-5-9)16(2)3/h4-7H,1-3H3,(H2,13,17)(H,15,18)/b14-8-. The fraction of sp³-hybridized carbons (Fsp3) is 0.250. The lowest BCUT2D eigenvalue weighted by Crippen LogP contribution is -2.33. The van der Waals surface area contributed by atoms with Gasteiger partial charge in [0.25, 0.3) is 0 Å². The van der Waals surface area contributed by atoms with E-state index in [0.29, 0.717) is 5.71 Å². The number of carbonyl (C=O) groups is 2. The lowest BCUT2D eigenvalue weighted by atomic mass is 10.1. The zero-order chi connectivity index (χ0) is 13.7. The van der Waals surface area contributed by atoms with Crippen molar-refractivity contribution in [3.63, 3.8) is 0 Å². The minimum Gasteiger partial charge on any atom is -0.378 e. The SMILES string of the molecule is C/C(=N/NC(=O)C(N)=O)c1ccc(N(C)C)cc1. The average Bonchev–Trinajstić information content (AvgIpc) is 2.35. The van der Waals surface area contributed by atoms with E-state index in [1.54, 1.807) is 6.92 Å². The van der Waals surface area contributed by atoms with E-state index in [-0.39, 0.29) is 0 Å². The molecule has 2 amide bonds. The third kappa shape index (κ3) is 3.58. The van der Waals surface area contributed by atoms with Crippen molar-refractivity contribution in [3.05, 3.63) is 29.8 Å². The molecule has 18 heavy (non-hydrogen) atoms. The predicted octanol–water partition coefficient (Wildman–Crippen LogP) is 0.0781. The Morgan fingerprint density at radius 3 is 2.22 bits per heavy atom. The third-order valence-electron chi connectivity index (χ3n) is 2.35. The van der Waals surface area contributed by atoms with E-state index in [0.717, 1.165) is 11.3 Å². The van der Waals surface area contributed by atoms with Crippen LogP contribution in [-0.2, 0) is 9.59 Å². The Labute approximate surface area is 105 Å². The quantitative estimate of drug-likeness (QED) is 0.451. The molecule has 0 aromatic heterocycles. The maximum Gasteiger partial charge on any atom is 0.329 e. The number of nitrogens with zero attached hydrogens (tertiary/aromatic N) is 2. The molecule has 1 aromatic carbocycles. The number of hydrazone groups is 1. The van der Waals surface area contributed by atoms with E-state index in [2.05, 4.69) is 10.5 Å². The Bertz CT molecular complexity index is 477. The molecule has 1 aromatic rings. The number of hydrogen-bond acceptors (Lipinski definition) is 4. The van der Waals surface area contributed by atoms with Gasteiger partial charge in [0.1, 0.15) is 0 Å². The Balaban J connectivity index is 2.78. The molecule has 1 rings (SSSR count). The van der Waals surface area contributed by atoms with Crippen molar-refractivity contribution in [2.75, 3.05) is 19.0 Å². The molecule has 0 aliphatic heterocycles. The van der Waals surface area contributed by atoms with Gasteiger partial charge in [-0.2, -0.15) is 5.10 Å². The maximum atomic E-state index is 10.9. The second kappa shape index (κ2) is 5.81. The molecule has 0 bridgehead atoms. The van der Waals surface area contributed by atoms with Crippen LogP contribution in [0.3, 0.4) is 0 Å². The lowest BCUT2D eigenvalue weighted by molar-refractivity contribution is -0.137. The van der Waals surface area contributed by atoms with Crippen LogP contribution in [0, 0.1) is 0 Å². The fourth-order valence-electron chi connectivity index (χ4n) is 1.26. The first-order valence-electron chi connectivity index (χ1n) is 5.33. The van der Waals surface area contributed by atoms with Crippen LogP contribution in [-0.4, -0.2) is 31.6 Å².